The van der Waals surface area contributed by atoms with Crippen molar-refractivity contribution in [1.29, 1.82) is 0 Å². The van der Waals surface area contributed by atoms with E-state index in [-0.39, 0.29) is 19.0 Å². The molecule has 6 heteroatoms. The summed E-state index contributed by atoms with van der Waals surface area (Å²) < 4.78 is 0. The first-order valence-corrected chi connectivity index (χ1v) is 8.21. The molecule has 126 valence electrons. The highest BCUT2D eigenvalue weighted by atomic mass is 16.3. The number of piperazine rings is 1. The summed E-state index contributed by atoms with van der Waals surface area (Å²) in [5.74, 6) is -0.00931. The average molecular weight is 319 g/mol. The first kappa shape index (κ1) is 16.2. The maximum absolute atomic E-state index is 12.3. The Morgan fingerprint density at radius 3 is 2.30 bits per heavy atom. The molecule has 1 amide bonds. The Morgan fingerprint density at radius 2 is 1.70 bits per heavy atom. The minimum absolute atomic E-state index is 0.00931. The highest BCUT2D eigenvalue weighted by Crippen LogP contribution is 2.21. The number of carbonyl (C=O) groups excluding carboxylic acids is 1. The summed E-state index contributed by atoms with van der Waals surface area (Å²) in [5.41, 5.74) is 2.54. The van der Waals surface area contributed by atoms with E-state index < -0.39 is 12.2 Å². The molecule has 2 aliphatic rings. The maximum Gasteiger partial charge on any atom is 0.236 e. The Morgan fingerprint density at radius 1 is 1.09 bits per heavy atom. The molecule has 2 aliphatic heterocycles. The van der Waals surface area contributed by atoms with Crippen LogP contribution in [0.15, 0.2) is 24.3 Å². The van der Waals surface area contributed by atoms with Crippen LogP contribution in [0.25, 0.3) is 0 Å². The predicted octanol–water partition coefficient (Wildman–Crippen LogP) is -0.319. The van der Waals surface area contributed by atoms with E-state index >= 15 is 0 Å². The lowest BCUT2D eigenvalue weighted by Gasteiger charge is -2.37. The molecule has 1 aromatic rings. The second-order valence-corrected chi connectivity index (χ2v) is 6.48. The standard InChI is InChI=1S/C17H25N3O3/c1-13-4-2-3-5-14(13)19-8-6-18(7-9-19)12-17(23)20-10-15(21)16(22)11-20/h2-5,15-16,21-22H,6-12H2,1H3/t15-,16+. The van der Waals surface area contributed by atoms with Gasteiger partial charge in [0, 0.05) is 45.0 Å². The summed E-state index contributed by atoms with van der Waals surface area (Å²) >= 11 is 0. The SMILES string of the molecule is Cc1ccccc1N1CCN(CC(=O)N2C[C@@H](O)[C@@H](O)C2)CC1. The molecule has 2 N–H and O–H groups in total. The molecule has 23 heavy (non-hydrogen) atoms. The second-order valence-electron chi connectivity index (χ2n) is 6.48. The van der Waals surface area contributed by atoms with Gasteiger partial charge < -0.3 is 20.0 Å². The molecule has 6 nitrogen and oxygen atoms in total. The molecule has 0 saturated carbocycles. The summed E-state index contributed by atoms with van der Waals surface area (Å²) in [5, 5.41) is 19.1. The van der Waals surface area contributed by atoms with Crippen molar-refractivity contribution in [2.75, 3.05) is 50.7 Å². The minimum atomic E-state index is -0.808. The van der Waals surface area contributed by atoms with Crippen molar-refractivity contribution in [2.24, 2.45) is 0 Å². The summed E-state index contributed by atoms with van der Waals surface area (Å²) in [4.78, 5) is 18.3. The largest absolute Gasteiger partial charge is 0.388 e. The number of hydrogen-bond donors (Lipinski definition) is 2. The highest BCUT2D eigenvalue weighted by molar-refractivity contribution is 5.78. The van der Waals surface area contributed by atoms with E-state index in [1.807, 2.05) is 6.07 Å². The van der Waals surface area contributed by atoms with Crippen LogP contribution in [0, 0.1) is 6.92 Å². The van der Waals surface area contributed by atoms with E-state index in [4.69, 9.17) is 0 Å². The van der Waals surface area contributed by atoms with Gasteiger partial charge in [-0.05, 0) is 18.6 Å². The third-order valence-electron chi connectivity index (χ3n) is 4.80. The number of hydrogen-bond acceptors (Lipinski definition) is 5. The Kier molecular flexibility index (Phi) is 4.84. The second kappa shape index (κ2) is 6.86. The van der Waals surface area contributed by atoms with E-state index in [1.165, 1.54) is 11.3 Å². The quantitative estimate of drug-likeness (QED) is 0.799. The number of aryl methyl sites for hydroxylation is 1. The normalized spacial score (nSPS) is 25.9. The number of aliphatic hydroxyl groups excluding tert-OH is 2. The molecule has 0 spiro atoms. The van der Waals surface area contributed by atoms with Gasteiger partial charge in [0.2, 0.25) is 5.91 Å². The third-order valence-corrected chi connectivity index (χ3v) is 4.80. The number of aliphatic hydroxyl groups is 2. The molecule has 0 radical (unpaired) electrons. The smallest absolute Gasteiger partial charge is 0.236 e. The van der Waals surface area contributed by atoms with Gasteiger partial charge in [-0.15, -0.1) is 0 Å². The van der Waals surface area contributed by atoms with Gasteiger partial charge in [-0.1, -0.05) is 18.2 Å². The van der Waals surface area contributed by atoms with E-state index in [0.717, 1.165) is 26.2 Å². The number of benzene rings is 1. The van der Waals surface area contributed by atoms with Crippen LogP contribution in [-0.2, 0) is 4.79 Å². The number of para-hydroxylation sites is 1. The monoisotopic (exact) mass is 319 g/mol. The van der Waals surface area contributed by atoms with Crippen molar-refractivity contribution < 1.29 is 15.0 Å². The number of rotatable bonds is 3. The maximum atomic E-state index is 12.3. The van der Waals surface area contributed by atoms with Crippen molar-refractivity contribution in [2.45, 2.75) is 19.1 Å². The fraction of sp³-hybridized carbons (Fsp3) is 0.588. The number of likely N-dealkylation sites (tertiary alicyclic amines) is 1. The van der Waals surface area contributed by atoms with Gasteiger partial charge in [-0.2, -0.15) is 0 Å². The average Bonchev–Trinajstić information content (AvgIpc) is 2.88. The molecular formula is C17H25N3O3. The fourth-order valence-corrected chi connectivity index (χ4v) is 3.33. The topological polar surface area (TPSA) is 67.2 Å². The van der Waals surface area contributed by atoms with Crippen molar-refractivity contribution >= 4 is 11.6 Å². The van der Waals surface area contributed by atoms with Crippen LogP contribution >= 0.6 is 0 Å². The zero-order valence-corrected chi connectivity index (χ0v) is 13.6. The number of nitrogens with zero attached hydrogens (tertiary/aromatic N) is 3. The molecule has 2 fully saturated rings. The van der Waals surface area contributed by atoms with Gasteiger partial charge in [-0.3, -0.25) is 9.69 Å². The lowest BCUT2D eigenvalue weighted by Crippen LogP contribution is -2.50. The molecule has 0 bridgehead atoms. The number of carbonyl (C=O) groups is 1. The number of anilines is 1. The molecule has 2 heterocycles. The van der Waals surface area contributed by atoms with Crippen molar-refractivity contribution in [3.05, 3.63) is 29.8 Å². The van der Waals surface area contributed by atoms with E-state index in [0.29, 0.717) is 6.54 Å². The fourth-order valence-electron chi connectivity index (χ4n) is 3.33. The summed E-state index contributed by atoms with van der Waals surface area (Å²) in [6.07, 6.45) is -1.62. The summed E-state index contributed by atoms with van der Waals surface area (Å²) in [6.45, 7) is 6.47. The molecule has 3 rings (SSSR count). The Bertz CT molecular complexity index is 548. The summed E-state index contributed by atoms with van der Waals surface area (Å²) in [6, 6.07) is 8.37. The van der Waals surface area contributed by atoms with Crippen LogP contribution in [-0.4, -0.2) is 83.9 Å². The van der Waals surface area contributed by atoms with Crippen LogP contribution in [0.1, 0.15) is 5.56 Å². The predicted molar refractivity (Wildman–Crippen MR) is 88.4 cm³/mol. The van der Waals surface area contributed by atoms with Gasteiger partial charge in [0.15, 0.2) is 0 Å². The molecule has 0 unspecified atom stereocenters. The van der Waals surface area contributed by atoms with E-state index in [9.17, 15) is 15.0 Å². The third kappa shape index (κ3) is 3.65. The van der Waals surface area contributed by atoms with E-state index in [2.05, 4.69) is 34.9 Å². The van der Waals surface area contributed by atoms with Crippen LogP contribution in [0.5, 0.6) is 0 Å². The lowest BCUT2D eigenvalue weighted by molar-refractivity contribution is -0.132. The van der Waals surface area contributed by atoms with E-state index in [1.54, 1.807) is 4.90 Å². The number of amides is 1. The van der Waals surface area contributed by atoms with Gasteiger partial charge in [-0.25, -0.2) is 0 Å². The van der Waals surface area contributed by atoms with Gasteiger partial charge >= 0.3 is 0 Å². The van der Waals surface area contributed by atoms with Crippen LogP contribution in [0.4, 0.5) is 5.69 Å². The Labute approximate surface area is 136 Å². The van der Waals surface area contributed by atoms with Crippen molar-refractivity contribution in [1.82, 2.24) is 9.80 Å². The van der Waals surface area contributed by atoms with Crippen molar-refractivity contribution in [3.63, 3.8) is 0 Å². The first-order chi connectivity index (χ1) is 11.0. The molecule has 2 saturated heterocycles. The first-order valence-electron chi connectivity index (χ1n) is 8.21. The van der Waals surface area contributed by atoms with Crippen LogP contribution < -0.4 is 4.90 Å². The Hall–Kier alpha value is -1.63. The molecule has 1 aromatic carbocycles. The number of β-amino-alcohol motifs (C(OH)–C–C–N with tert-alkyl or cyclic N) is 2. The molecule has 0 aliphatic carbocycles. The molecular weight excluding hydrogens is 294 g/mol. The summed E-state index contributed by atoms with van der Waals surface area (Å²) in [7, 11) is 0. The Balaban J connectivity index is 1.50. The minimum Gasteiger partial charge on any atom is -0.388 e. The van der Waals surface area contributed by atoms with Crippen LogP contribution in [0.2, 0.25) is 0 Å². The molecule has 0 aromatic heterocycles. The zero-order valence-electron chi connectivity index (χ0n) is 13.6. The van der Waals surface area contributed by atoms with Gasteiger partial charge in [0.25, 0.3) is 0 Å². The highest BCUT2D eigenvalue weighted by Gasteiger charge is 2.33. The van der Waals surface area contributed by atoms with Gasteiger partial charge in [0.1, 0.15) is 0 Å². The van der Waals surface area contributed by atoms with Crippen molar-refractivity contribution in [3.8, 4) is 0 Å². The van der Waals surface area contributed by atoms with Gasteiger partial charge in [0.05, 0.1) is 18.8 Å². The van der Waals surface area contributed by atoms with Crippen LogP contribution in [0.3, 0.4) is 0 Å². The lowest BCUT2D eigenvalue weighted by atomic mass is 10.1. The molecule has 2 atom stereocenters. The zero-order chi connectivity index (χ0) is 16.4.